The van der Waals surface area contributed by atoms with Crippen molar-refractivity contribution >= 4 is 33.7 Å². The zero-order chi connectivity index (χ0) is 16.4. The van der Waals surface area contributed by atoms with Gasteiger partial charge in [0.25, 0.3) is 0 Å². The molecule has 5 nitrogen and oxygen atoms in total. The van der Waals surface area contributed by atoms with Gasteiger partial charge in [-0.05, 0) is 28.1 Å². The lowest BCUT2D eigenvalue weighted by Crippen LogP contribution is -2.40. The number of hydrogen-bond donors (Lipinski definition) is 2. The van der Waals surface area contributed by atoms with E-state index >= 15 is 0 Å². The van der Waals surface area contributed by atoms with Gasteiger partial charge >= 0.3 is 6.18 Å². The molecule has 1 heterocycles. The van der Waals surface area contributed by atoms with Crippen LogP contribution in [0, 0.1) is 11.5 Å². The highest BCUT2D eigenvalue weighted by Gasteiger charge is 2.27. The normalized spacial score (nSPS) is 11.9. The maximum Gasteiger partial charge on any atom is 0.405 e. The number of thioether (sulfide) groups is 1. The van der Waals surface area contributed by atoms with Gasteiger partial charge in [-0.2, -0.15) is 30.2 Å². The van der Waals surface area contributed by atoms with Crippen LogP contribution in [0.25, 0.3) is 0 Å². The van der Waals surface area contributed by atoms with E-state index in [1.165, 1.54) is 0 Å². The predicted octanol–water partition coefficient (Wildman–Crippen LogP) is 2.66. The summed E-state index contributed by atoms with van der Waals surface area (Å²) in [5.74, 6) is 1.07. The second-order valence-electron chi connectivity index (χ2n) is 3.92. The molecule has 1 aromatic heterocycles. The van der Waals surface area contributed by atoms with E-state index in [1.54, 1.807) is 24.2 Å². The number of pyridine rings is 1. The summed E-state index contributed by atoms with van der Waals surface area (Å²) >= 11 is 4.93. The quantitative estimate of drug-likeness (QED) is 0.254. The number of aromatic nitrogens is 1. The Morgan fingerprint density at radius 1 is 1.50 bits per heavy atom. The fraction of sp³-hybridized carbons (Fsp3) is 0.417. The summed E-state index contributed by atoms with van der Waals surface area (Å²) in [4.78, 5) is 8.09. The Hall–Kier alpha value is -1.47. The average molecular weight is 396 g/mol. The third-order valence-electron chi connectivity index (χ3n) is 2.21. The van der Waals surface area contributed by atoms with Crippen molar-refractivity contribution in [1.29, 1.82) is 5.26 Å². The van der Waals surface area contributed by atoms with Gasteiger partial charge in [0.1, 0.15) is 6.54 Å². The molecule has 22 heavy (non-hydrogen) atoms. The fourth-order valence-corrected chi connectivity index (χ4v) is 2.66. The molecule has 0 spiro atoms. The van der Waals surface area contributed by atoms with Crippen LogP contribution in [0.2, 0.25) is 0 Å². The summed E-state index contributed by atoms with van der Waals surface area (Å²) < 4.78 is 37.2. The van der Waals surface area contributed by atoms with Crippen LogP contribution in [-0.2, 0) is 5.75 Å². The first-order chi connectivity index (χ1) is 10.4. The third kappa shape index (κ3) is 8.09. The van der Waals surface area contributed by atoms with E-state index in [2.05, 4.69) is 31.2 Å². The Balaban J connectivity index is 2.35. The Labute approximate surface area is 138 Å². The van der Waals surface area contributed by atoms with Gasteiger partial charge in [-0.3, -0.25) is 15.3 Å². The first-order valence-electron chi connectivity index (χ1n) is 6.09. The van der Waals surface area contributed by atoms with Gasteiger partial charge in [0.05, 0.1) is 12.2 Å². The number of alkyl halides is 3. The number of hydrogen-bond acceptors (Lipinski definition) is 4. The van der Waals surface area contributed by atoms with E-state index in [4.69, 9.17) is 5.26 Å². The highest BCUT2D eigenvalue weighted by molar-refractivity contribution is 9.10. The Bertz CT molecular complexity index is 544. The number of aliphatic imine (C=N–C) groups is 1. The summed E-state index contributed by atoms with van der Waals surface area (Å²) in [7, 11) is 0. The smallest absolute Gasteiger partial charge is 0.346 e. The molecular formula is C12H13BrF3N5S. The topological polar surface area (TPSA) is 73.1 Å². The van der Waals surface area contributed by atoms with Crippen molar-refractivity contribution in [1.82, 2.24) is 15.6 Å². The number of halogens is 4. The molecule has 0 bridgehead atoms. The summed E-state index contributed by atoms with van der Waals surface area (Å²) in [6, 6.07) is 3.70. The van der Waals surface area contributed by atoms with E-state index in [-0.39, 0.29) is 12.5 Å². The molecule has 0 aliphatic carbocycles. The molecule has 0 aromatic carbocycles. The summed E-state index contributed by atoms with van der Waals surface area (Å²) in [6.07, 6.45) is -1.13. The van der Waals surface area contributed by atoms with Crippen molar-refractivity contribution in [3.05, 3.63) is 28.5 Å². The number of guanidine groups is 1. The van der Waals surface area contributed by atoms with Crippen LogP contribution >= 0.6 is 27.7 Å². The van der Waals surface area contributed by atoms with Gasteiger partial charge in [-0.15, -0.1) is 0 Å². The van der Waals surface area contributed by atoms with Crippen LogP contribution in [0.15, 0.2) is 27.8 Å². The zero-order valence-electron chi connectivity index (χ0n) is 11.3. The third-order valence-corrected chi connectivity index (χ3v) is 3.88. The highest BCUT2D eigenvalue weighted by Crippen LogP contribution is 2.18. The van der Waals surface area contributed by atoms with Crippen molar-refractivity contribution in [2.24, 2.45) is 4.99 Å². The van der Waals surface area contributed by atoms with Crippen molar-refractivity contribution in [3.8, 4) is 6.19 Å². The fourth-order valence-electron chi connectivity index (χ4n) is 1.29. The minimum atomic E-state index is -4.36. The van der Waals surface area contributed by atoms with Gasteiger partial charge in [0.2, 0.25) is 5.96 Å². The van der Waals surface area contributed by atoms with Gasteiger partial charge in [0, 0.05) is 22.2 Å². The maximum atomic E-state index is 12.1. The van der Waals surface area contributed by atoms with Crippen molar-refractivity contribution in [2.45, 2.75) is 11.9 Å². The van der Waals surface area contributed by atoms with Crippen molar-refractivity contribution < 1.29 is 13.2 Å². The summed E-state index contributed by atoms with van der Waals surface area (Å²) in [5, 5.41) is 12.6. The van der Waals surface area contributed by atoms with E-state index in [0.717, 1.165) is 10.2 Å². The van der Waals surface area contributed by atoms with Crippen molar-refractivity contribution in [2.75, 3.05) is 18.8 Å². The molecule has 0 amide bonds. The molecule has 120 valence electrons. The van der Waals surface area contributed by atoms with Crippen LogP contribution in [0.3, 0.4) is 0 Å². The lowest BCUT2D eigenvalue weighted by Gasteiger charge is -2.10. The Morgan fingerprint density at radius 2 is 2.27 bits per heavy atom. The first-order valence-corrected chi connectivity index (χ1v) is 8.04. The van der Waals surface area contributed by atoms with E-state index in [0.29, 0.717) is 11.5 Å². The Morgan fingerprint density at radius 3 is 2.91 bits per heavy atom. The minimum Gasteiger partial charge on any atom is -0.346 e. The molecule has 10 heteroatoms. The van der Waals surface area contributed by atoms with E-state index in [9.17, 15) is 13.2 Å². The molecule has 0 aliphatic heterocycles. The lowest BCUT2D eigenvalue weighted by molar-refractivity contribution is -0.122. The molecule has 0 radical (unpaired) electrons. The standard InChI is InChI=1S/C12H13BrF3N5S/c13-9-2-1-3-18-10(9)6-22-5-4-19-11(21-8-17)20-7-12(14,15)16/h1-3H,4-7H2,(H2,19,20,21). The molecule has 0 aliphatic rings. The summed E-state index contributed by atoms with van der Waals surface area (Å²) in [6.45, 7) is -0.960. The average Bonchev–Trinajstić information content (AvgIpc) is 2.45. The monoisotopic (exact) mass is 395 g/mol. The summed E-state index contributed by atoms with van der Waals surface area (Å²) in [5.41, 5.74) is 0.891. The van der Waals surface area contributed by atoms with Crippen LogP contribution in [0.5, 0.6) is 0 Å². The number of nitriles is 1. The van der Waals surface area contributed by atoms with Crippen LogP contribution in [-0.4, -0.2) is 36.0 Å². The lowest BCUT2D eigenvalue weighted by atomic mass is 10.4. The van der Waals surface area contributed by atoms with E-state index in [1.807, 2.05) is 17.4 Å². The van der Waals surface area contributed by atoms with Gasteiger partial charge in [-0.1, -0.05) is 0 Å². The van der Waals surface area contributed by atoms with Crippen LogP contribution < -0.4 is 10.6 Å². The minimum absolute atomic E-state index is 0.181. The molecular weight excluding hydrogens is 383 g/mol. The number of nitrogens with zero attached hydrogens (tertiary/aromatic N) is 3. The number of nitrogens with one attached hydrogen (secondary N) is 2. The molecule has 0 unspecified atom stereocenters. The first kappa shape index (κ1) is 18.6. The molecule has 0 saturated heterocycles. The van der Waals surface area contributed by atoms with E-state index < -0.39 is 12.7 Å². The van der Waals surface area contributed by atoms with Gasteiger partial charge in [-0.25, -0.2) is 0 Å². The second-order valence-corrected chi connectivity index (χ2v) is 5.88. The number of rotatable bonds is 6. The van der Waals surface area contributed by atoms with Crippen LogP contribution in [0.1, 0.15) is 5.69 Å². The zero-order valence-corrected chi connectivity index (χ0v) is 13.7. The van der Waals surface area contributed by atoms with Crippen LogP contribution in [0.4, 0.5) is 13.2 Å². The highest BCUT2D eigenvalue weighted by atomic mass is 79.9. The molecule has 0 fully saturated rings. The predicted molar refractivity (Wildman–Crippen MR) is 83.2 cm³/mol. The molecule has 1 aromatic rings. The molecule has 2 N–H and O–H groups in total. The maximum absolute atomic E-state index is 12.1. The molecule has 1 rings (SSSR count). The Kier molecular flexibility index (Phi) is 8.05. The van der Waals surface area contributed by atoms with Crippen molar-refractivity contribution in [3.63, 3.8) is 0 Å². The van der Waals surface area contributed by atoms with Gasteiger partial charge in [0.15, 0.2) is 6.19 Å². The van der Waals surface area contributed by atoms with Gasteiger partial charge < -0.3 is 5.32 Å². The second kappa shape index (κ2) is 9.53. The SMILES string of the molecule is N#CN/C(=N\CCSCc1ncccc1Br)NCC(F)(F)F. The molecule has 0 atom stereocenters. The molecule has 0 saturated carbocycles. The largest absolute Gasteiger partial charge is 0.405 e.